The highest BCUT2D eigenvalue weighted by atomic mass is 16.5. The molecule has 174 valence electrons. The van der Waals surface area contributed by atoms with Crippen molar-refractivity contribution in [3.63, 3.8) is 0 Å². The summed E-state index contributed by atoms with van der Waals surface area (Å²) >= 11 is 0. The zero-order valence-corrected chi connectivity index (χ0v) is 19.3. The van der Waals surface area contributed by atoms with E-state index in [0.717, 1.165) is 11.1 Å². The van der Waals surface area contributed by atoms with Crippen LogP contribution in [-0.2, 0) is 13.2 Å². The lowest BCUT2D eigenvalue weighted by Gasteiger charge is -2.12. The van der Waals surface area contributed by atoms with Gasteiger partial charge in [0.25, 0.3) is 0 Å². The number of hydrogen-bond donors (Lipinski definition) is 0. The maximum atomic E-state index is 13.2. The molecule has 0 saturated carbocycles. The molecule has 4 aromatic carbocycles. The second kappa shape index (κ2) is 10.2. The first-order chi connectivity index (χ1) is 17.2. The van der Waals surface area contributed by atoms with Gasteiger partial charge < -0.3 is 18.6 Å². The Morgan fingerprint density at radius 3 is 2.09 bits per heavy atom. The van der Waals surface area contributed by atoms with Crippen molar-refractivity contribution in [2.45, 2.75) is 13.2 Å². The molecule has 0 unspecified atom stereocenters. The summed E-state index contributed by atoms with van der Waals surface area (Å²) in [5, 5.41) is 0.484. The second-order valence-electron chi connectivity index (χ2n) is 8.05. The Bertz CT molecular complexity index is 1490. The predicted octanol–water partition coefficient (Wildman–Crippen LogP) is 6.63. The maximum Gasteiger partial charge on any atom is 0.200 e. The Balaban J connectivity index is 1.37. The molecule has 0 bridgehead atoms. The lowest BCUT2D eigenvalue weighted by molar-refractivity contribution is 0.284. The van der Waals surface area contributed by atoms with Gasteiger partial charge in [0.15, 0.2) is 16.9 Å². The molecule has 0 spiro atoms. The van der Waals surface area contributed by atoms with E-state index in [1.807, 2.05) is 66.7 Å². The van der Waals surface area contributed by atoms with E-state index in [1.54, 1.807) is 37.4 Å². The van der Waals surface area contributed by atoms with Crippen LogP contribution >= 0.6 is 0 Å². The van der Waals surface area contributed by atoms with E-state index in [1.165, 1.54) is 6.26 Å². The first kappa shape index (κ1) is 22.3. The number of fused-ring (bicyclic) bond motifs is 1. The Kier molecular flexibility index (Phi) is 6.48. The minimum absolute atomic E-state index is 0.124. The van der Waals surface area contributed by atoms with Crippen molar-refractivity contribution < 1.29 is 18.6 Å². The Hall–Kier alpha value is -4.51. The van der Waals surface area contributed by atoms with E-state index >= 15 is 0 Å². The van der Waals surface area contributed by atoms with E-state index in [0.29, 0.717) is 52.6 Å². The summed E-state index contributed by atoms with van der Waals surface area (Å²) in [6.07, 6.45) is 1.48. The van der Waals surface area contributed by atoms with Gasteiger partial charge in [0.1, 0.15) is 30.8 Å². The molecule has 0 N–H and O–H groups in total. The molecule has 1 aromatic heterocycles. The van der Waals surface area contributed by atoms with Crippen LogP contribution < -0.4 is 19.6 Å². The van der Waals surface area contributed by atoms with Gasteiger partial charge in [0.05, 0.1) is 18.1 Å². The van der Waals surface area contributed by atoms with E-state index in [2.05, 4.69) is 0 Å². The monoisotopic (exact) mass is 464 g/mol. The fraction of sp³-hybridized carbons (Fsp3) is 0.100. The van der Waals surface area contributed by atoms with Crippen molar-refractivity contribution in [2.75, 3.05) is 7.11 Å². The van der Waals surface area contributed by atoms with Crippen molar-refractivity contribution in [3.8, 4) is 28.4 Å². The molecule has 0 aliphatic carbocycles. The van der Waals surface area contributed by atoms with Gasteiger partial charge in [-0.15, -0.1) is 0 Å². The van der Waals surface area contributed by atoms with Crippen LogP contribution in [0.3, 0.4) is 0 Å². The lowest BCUT2D eigenvalue weighted by Crippen LogP contribution is -2.05. The minimum Gasteiger partial charge on any atom is -0.493 e. The molecule has 5 nitrogen and oxygen atoms in total. The third-order valence-electron chi connectivity index (χ3n) is 5.71. The van der Waals surface area contributed by atoms with Crippen molar-refractivity contribution in [1.82, 2.24) is 0 Å². The topological polar surface area (TPSA) is 57.9 Å². The van der Waals surface area contributed by atoms with Gasteiger partial charge in [-0.25, -0.2) is 0 Å². The van der Waals surface area contributed by atoms with E-state index < -0.39 is 0 Å². The van der Waals surface area contributed by atoms with Crippen LogP contribution in [0.5, 0.6) is 17.2 Å². The Morgan fingerprint density at radius 1 is 0.714 bits per heavy atom. The molecule has 0 saturated heterocycles. The van der Waals surface area contributed by atoms with Gasteiger partial charge in [-0.05, 0) is 41.0 Å². The van der Waals surface area contributed by atoms with E-state index in [9.17, 15) is 4.79 Å². The van der Waals surface area contributed by atoms with Crippen LogP contribution in [0, 0.1) is 0 Å². The fourth-order valence-corrected chi connectivity index (χ4v) is 3.83. The summed E-state index contributed by atoms with van der Waals surface area (Å²) in [4.78, 5) is 13.2. The largest absolute Gasteiger partial charge is 0.493 e. The highest BCUT2D eigenvalue weighted by molar-refractivity contribution is 5.83. The predicted molar refractivity (Wildman–Crippen MR) is 136 cm³/mol. The quantitative estimate of drug-likeness (QED) is 0.258. The average molecular weight is 465 g/mol. The van der Waals surface area contributed by atoms with Crippen LogP contribution in [0.1, 0.15) is 11.1 Å². The summed E-state index contributed by atoms with van der Waals surface area (Å²) in [5.41, 5.74) is 3.60. The van der Waals surface area contributed by atoms with Gasteiger partial charge in [-0.2, -0.15) is 0 Å². The van der Waals surface area contributed by atoms with Gasteiger partial charge in [-0.3, -0.25) is 4.79 Å². The van der Waals surface area contributed by atoms with Crippen LogP contribution in [0.25, 0.3) is 22.1 Å². The molecule has 0 radical (unpaired) electrons. The summed E-state index contributed by atoms with van der Waals surface area (Å²) in [6, 6.07) is 30.5. The van der Waals surface area contributed by atoms with Crippen molar-refractivity contribution in [3.05, 3.63) is 125 Å². The molecule has 0 aliphatic rings. The molecule has 35 heavy (non-hydrogen) atoms. The maximum absolute atomic E-state index is 13.2. The van der Waals surface area contributed by atoms with Crippen molar-refractivity contribution in [2.24, 2.45) is 0 Å². The SMILES string of the molecule is COc1cc(-c2coc3cc(OCc4ccccc4)ccc3c2=O)ccc1OCc1ccccc1. The molecule has 5 aromatic rings. The zero-order valence-electron chi connectivity index (χ0n) is 19.3. The molecule has 0 atom stereocenters. The summed E-state index contributed by atoms with van der Waals surface area (Å²) < 4.78 is 23.1. The molecule has 1 heterocycles. The van der Waals surface area contributed by atoms with Crippen LogP contribution in [0.2, 0.25) is 0 Å². The van der Waals surface area contributed by atoms with Gasteiger partial charge >= 0.3 is 0 Å². The number of benzene rings is 4. The normalized spacial score (nSPS) is 10.8. The Morgan fingerprint density at radius 2 is 1.40 bits per heavy atom. The van der Waals surface area contributed by atoms with Crippen LogP contribution in [0.15, 0.2) is 113 Å². The first-order valence-corrected chi connectivity index (χ1v) is 11.3. The summed E-state index contributed by atoms with van der Waals surface area (Å²) in [6.45, 7) is 0.858. The number of ether oxygens (including phenoxy) is 3. The lowest BCUT2D eigenvalue weighted by atomic mass is 10.0. The summed E-state index contributed by atoms with van der Waals surface area (Å²) in [7, 11) is 1.58. The van der Waals surface area contributed by atoms with Crippen LogP contribution in [-0.4, -0.2) is 7.11 Å². The highest BCUT2D eigenvalue weighted by Crippen LogP contribution is 2.33. The number of methoxy groups -OCH3 is 1. The molecule has 0 fully saturated rings. The minimum atomic E-state index is -0.124. The number of rotatable bonds is 8. The van der Waals surface area contributed by atoms with Crippen molar-refractivity contribution >= 4 is 11.0 Å². The fourth-order valence-electron chi connectivity index (χ4n) is 3.83. The standard InChI is InChI=1S/C30H24O5/c1-32-29-16-23(12-15-27(29)34-19-22-10-6-3-7-11-22)26-20-35-28-17-24(13-14-25(28)30(26)31)33-18-21-8-4-2-5-9-21/h2-17,20H,18-19H2,1H3. The second-order valence-corrected chi connectivity index (χ2v) is 8.05. The van der Waals surface area contributed by atoms with Crippen molar-refractivity contribution in [1.29, 1.82) is 0 Å². The van der Waals surface area contributed by atoms with Gasteiger partial charge in [0.2, 0.25) is 0 Å². The van der Waals surface area contributed by atoms with Gasteiger partial charge in [-0.1, -0.05) is 66.7 Å². The zero-order chi connectivity index (χ0) is 24.0. The van der Waals surface area contributed by atoms with E-state index in [-0.39, 0.29) is 5.43 Å². The Labute approximate surface area is 203 Å². The molecule has 5 heteroatoms. The smallest absolute Gasteiger partial charge is 0.200 e. The third kappa shape index (κ3) is 5.04. The first-order valence-electron chi connectivity index (χ1n) is 11.3. The molecular formula is C30H24O5. The van der Waals surface area contributed by atoms with E-state index in [4.69, 9.17) is 18.6 Å². The molecule has 0 amide bonds. The molecular weight excluding hydrogens is 440 g/mol. The highest BCUT2D eigenvalue weighted by Gasteiger charge is 2.13. The van der Waals surface area contributed by atoms with Gasteiger partial charge in [0, 0.05) is 6.07 Å². The number of hydrogen-bond acceptors (Lipinski definition) is 5. The average Bonchev–Trinajstić information content (AvgIpc) is 2.92. The van der Waals surface area contributed by atoms with Crippen LogP contribution in [0.4, 0.5) is 0 Å². The molecule has 0 aliphatic heterocycles. The summed E-state index contributed by atoms with van der Waals surface area (Å²) in [5.74, 6) is 1.78. The molecule has 5 rings (SSSR count). The third-order valence-corrected chi connectivity index (χ3v) is 5.71.